The summed E-state index contributed by atoms with van der Waals surface area (Å²) < 4.78 is 11.1. The average Bonchev–Trinajstić information content (AvgIpc) is 2.30. The summed E-state index contributed by atoms with van der Waals surface area (Å²) in [5.74, 6) is 0. The molecule has 2 rings (SSSR count). The second-order valence-corrected chi connectivity index (χ2v) is 5.60. The van der Waals surface area contributed by atoms with Crippen molar-refractivity contribution in [2.75, 3.05) is 53.0 Å². The molecule has 0 spiro atoms. The molecule has 4 heteroatoms. The van der Waals surface area contributed by atoms with Gasteiger partial charge in [-0.1, -0.05) is 0 Å². The van der Waals surface area contributed by atoms with Crippen LogP contribution in [0.4, 0.5) is 0 Å². The van der Waals surface area contributed by atoms with Gasteiger partial charge >= 0.3 is 0 Å². The van der Waals surface area contributed by atoms with Crippen molar-refractivity contribution in [2.24, 2.45) is 5.41 Å². The van der Waals surface area contributed by atoms with Crippen molar-refractivity contribution < 1.29 is 9.47 Å². The van der Waals surface area contributed by atoms with Crippen LogP contribution in [0.15, 0.2) is 0 Å². The molecule has 2 aliphatic heterocycles. The summed E-state index contributed by atoms with van der Waals surface area (Å²) in [6.45, 7) is 9.49. The third-order valence-electron chi connectivity index (χ3n) is 4.00. The van der Waals surface area contributed by atoms with E-state index in [0.717, 1.165) is 45.9 Å². The number of ether oxygens (including phenoxy) is 2. The van der Waals surface area contributed by atoms with Crippen LogP contribution >= 0.6 is 0 Å². The number of nitrogens with zero attached hydrogens (tertiary/aromatic N) is 1. The van der Waals surface area contributed by atoms with Gasteiger partial charge in [-0.15, -0.1) is 0 Å². The Morgan fingerprint density at radius 3 is 2.82 bits per heavy atom. The standard InChI is InChI=1S/C13H26N2O2/c1-12-9-15(7-8-17-12)10-13(11-16-2)3-5-14-6-4-13/h12,14H,3-11H2,1-2H3. The molecule has 1 N–H and O–H groups in total. The number of hydrogen-bond donors (Lipinski definition) is 1. The smallest absolute Gasteiger partial charge is 0.0674 e. The van der Waals surface area contributed by atoms with Gasteiger partial charge in [-0.05, 0) is 32.9 Å². The van der Waals surface area contributed by atoms with E-state index >= 15 is 0 Å². The quantitative estimate of drug-likeness (QED) is 0.788. The molecule has 0 aromatic rings. The molecule has 2 aliphatic rings. The van der Waals surface area contributed by atoms with E-state index in [1.807, 2.05) is 7.11 Å². The van der Waals surface area contributed by atoms with Crippen molar-refractivity contribution in [2.45, 2.75) is 25.9 Å². The van der Waals surface area contributed by atoms with Crippen LogP contribution in [0, 0.1) is 5.41 Å². The van der Waals surface area contributed by atoms with Crippen molar-refractivity contribution in [3.8, 4) is 0 Å². The molecule has 2 heterocycles. The van der Waals surface area contributed by atoms with Crippen LogP contribution in [0.2, 0.25) is 0 Å². The molecule has 2 fully saturated rings. The predicted molar refractivity (Wildman–Crippen MR) is 68.3 cm³/mol. The molecule has 0 aliphatic carbocycles. The summed E-state index contributed by atoms with van der Waals surface area (Å²) >= 11 is 0. The van der Waals surface area contributed by atoms with Crippen LogP contribution in [-0.4, -0.2) is 64.1 Å². The first-order chi connectivity index (χ1) is 8.24. The Balaban J connectivity index is 1.91. The van der Waals surface area contributed by atoms with E-state index in [2.05, 4.69) is 17.1 Å². The number of methoxy groups -OCH3 is 1. The van der Waals surface area contributed by atoms with Gasteiger partial charge in [0, 0.05) is 32.2 Å². The van der Waals surface area contributed by atoms with Crippen LogP contribution < -0.4 is 5.32 Å². The monoisotopic (exact) mass is 242 g/mol. The zero-order valence-corrected chi connectivity index (χ0v) is 11.2. The van der Waals surface area contributed by atoms with E-state index in [9.17, 15) is 0 Å². The zero-order chi connectivity index (χ0) is 12.1. The topological polar surface area (TPSA) is 33.7 Å². The SMILES string of the molecule is COCC1(CN2CCOC(C)C2)CCNCC1. The number of piperidine rings is 1. The molecule has 0 saturated carbocycles. The Bertz CT molecular complexity index is 224. The average molecular weight is 242 g/mol. The number of nitrogens with one attached hydrogen (secondary N) is 1. The summed E-state index contributed by atoms with van der Waals surface area (Å²) in [5, 5.41) is 3.45. The Labute approximate surface area is 105 Å². The van der Waals surface area contributed by atoms with Crippen LogP contribution in [0.25, 0.3) is 0 Å². The van der Waals surface area contributed by atoms with Gasteiger partial charge in [-0.25, -0.2) is 0 Å². The van der Waals surface area contributed by atoms with Crippen LogP contribution in [0.1, 0.15) is 19.8 Å². The summed E-state index contributed by atoms with van der Waals surface area (Å²) in [6.07, 6.45) is 2.84. The van der Waals surface area contributed by atoms with Gasteiger partial charge in [0.1, 0.15) is 0 Å². The highest BCUT2D eigenvalue weighted by atomic mass is 16.5. The van der Waals surface area contributed by atoms with Crippen LogP contribution in [0.3, 0.4) is 0 Å². The largest absolute Gasteiger partial charge is 0.384 e. The Morgan fingerprint density at radius 1 is 1.41 bits per heavy atom. The van der Waals surface area contributed by atoms with Gasteiger partial charge in [0.2, 0.25) is 0 Å². The highest BCUT2D eigenvalue weighted by Gasteiger charge is 2.35. The first-order valence-corrected chi connectivity index (χ1v) is 6.78. The lowest BCUT2D eigenvalue weighted by Gasteiger charge is -2.43. The molecule has 1 unspecified atom stereocenters. The summed E-state index contributed by atoms with van der Waals surface area (Å²) in [7, 11) is 1.83. The van der Waals surface area contributed by atoms with Gasteiger partial charge in [0.15, 0.2) is 0 Å². The molecule has 0 aromatic heterocycles. The molecular formula is C13H26N2O2. The van der Waals surface area contributed by atoms with E-state index in [4.69, 9.17) is 9.47 Å². The molecule has 1 atom stereocenters. The van der Waals surface area contributed by atoms with E-state index < -0.39 is 0 Å². The van der Waals surface area contributed by atoms with Crippen molar-refractivity contribution in [1.29, 1.82) is 0 Å². The summed E-state index contributed by atoms with van der Waals surface area (Å²) in [6, 6.07) is 0. The Morgan fingerprint density at radius 2 is 2.18 bits per heavy atom. The maximum atomic E-state index is 5.60. The molecule has 17 heavy (non-hydrogen) atoms. The third-order valence-corrected chi connectivity index (χ3v) is 4.00. The highest BCUT2D eigenvalue weighted by Crippen LogP contribution is 2.30. The molecule has 100 valence electrons. The van der Waals surface area contributed by atoms with Gasteiger partial charge < -0.3 is 14.8 Å². The lowest BCUT2D eigenvalue weighted by molar-refractivity contribution is -0.0490. The van der Waals surface area contributed by atoms with Crippen molar-refractivity contribution in [3.63, 3.8) is 0 Å². The molecule has 4 nitrogen and oxygen atoms in total. The molecule has 0 aromatic carbocycles. The van der Waals surface area contributed by atoms with E-state index in [1.165, 1.54) is 12.8 Å². The maximum Gasteiger partial charge on any atom is 0.0674 e. The van der Waals surface area contributed by atoms with Crippen LogP contribution in [-0.2, 0) is 9.47 Å². The molecule has 0 radical (unpaired) electrons. The fourth-order valence-corrected chi connectivity index (χ4v) is 3.12. The molecule has 2 saturated heterocycles. The van der Waals surface area contributed by atoms with Gasteiger partial charge in [0.25, 0.3) is 0 Å². The van der Waals surface area contributed by atoms with Crippen LogP contribution in [0.5, 0.6) is 0 Å². The van der Waals surface area contributed by atoms with Gasteiger partial charge in [-0.2, -0.15) is 0 Å². The predicted octanol–water partition coefficient (Wildman–Crippen LogP) is 0.723. The van der Waals surface area contributed by atoms with Gasteiger partial charge in [0.05, 0.1) is 19.3 Å². The second kappa shape index (κ2) is 6.14. The van der Waals surface area contributed by atoms with Crippen molar-refractivity contribution >= 4 is 0 Å². The van der Waals surface area contributed by atoms with E-state index in [0.29, 0.717) is 11.5 Å². The Kier molecular flexibility index (Phi) is 4.79. The fraction of sp³-hybridized carbons (Fsp3) is 1.00. The fourth-order valence-electron chi connectivity index (χ4n) is 3.12. The lowest BCUT2D eigenvalue weighted by atomic mass is 9.79. The zero-order valence-electron chi connectivity index (χ0n) is 11.2. The molecular weight excluding hydrogens is 216 g/mol. The minimum absolute atomic E-state index is 0.358. The number of morpholine rings is 1. The third kappa shape index (κ3) is 3.65. The number of rotatable bonds is 4. The number of hydrogen-bond acceptors (Lipinski definition) is 4. The minimum atomic E-state index is 0.358. The van der Waals surface area contributed by atoms with E-state index in [-0.39, 0.29) is 0 Å². The molecule has 0 amide bonds. The van der Waals surface area contributed by atoms with E-state index in [1.54, 1.807) is 0 Å². The molecule has 0 bridgehead atoms. The highest BCUT2D eigenvalue weighted by molar-refractivity contribution is 4.88. The summed E-state index contributed by atoms with van der Waals surface area (Å²) in [5.41, 5.74) is 0.358. The normalized spacial score (nSPS) is 30.4. The van der Waals surface area contributed by atoms with Gasteiger partial charge in [-0.3, -0.25) is 4.90 Å². The lowest BCUT2D eigenvalue weighted by Crippen LogP contribution is -2.51. The second-order valence-electron chi connectivity index (χ2n) is 5.60. The maximum absolute atomic E-state index is 5.60. The summed E-state index contributed by atoms with van der Waals surface area (Å²) in [4.78, 5) is 2.55. The first kappa shape index (κ1) is 13.3. The Hall–Kier alpha value is -0.160. The minimum Gasteiger partial charge on any atom is -0.384 e. The van der Waals surface area contributed by atoms with Crippen molar-refractivity contribution in [1.82, 2.24) is 10.2 Å². The first-order valence-electron chi connectivity index (χ1n) is 6.78. The van der Waals surface area contributed by atoms with Crippen molar-refractivity contribution in [3.05, 3.63) is 0 Å².